The van der Waals surface area contributed by atoms with Crippen LogP contribution in [0, 0.1) is 0 Å². The lowest BCUT2D eigenvalue weighted by molar-refractivity contribution is -0.114. The first-order valence-electron chi connectivity index (χ1n) is 6.02. The van der Waals surface area contributed by atoms with Gasteiger partial charge in [-0.3, -0.25) is 9.59 Å². The van der Waals surface area contributed by atoms with E-state index in [0.717, 1.165) is 0 Å². The number of carbonyl (C=O) groups is 2. The number of benzene rings is 2. The van der Waals surface area contributed by atoms with Crippen molar-refractivity contribution >= 4 is 23.2 Å². The van der Waals surface area contributed by atoms with Crippen molar-refractivity contribution < 1.29 is 14.7 Å². The highest BCUT2D eigenvalue weighted by atomic mass is 16.3. The predicted octanol–water partition coefficient (Wildman–Crippen LogP) is 2.60. The first-order chi connectivity index (χ1) is 9.54. The van der Waals surface area contributed by atoms with Gasteiger partial charge in [0.25, 0.3) is 5.91 Å². The molecular weight excluding hydrogens is 256 g/mol. The number of rotatable bonds is 3. The minimum atomic E-state index is -0.266. The van der Waals surface area contributed by atoms with Crippen molar-refractivity contribution in [2.24, 2.45) is 0 Å². The van der Waals surface area contributed by atoms with Gasteiger partial charge in [0.15, 0.2) is 0 Å². The molecule has 0 aliphatic heterocycles. The SMILES string of the molecule is CC(=O)Nc1ccc(NC(=O)c2ccc(O)cc2)cc1. The van der Waals surface area contributed by atoms with Gasteiger partial charge in [0.1, 0.15) is 5.75 Å². The molecule has 2 amide bonds. The summed E-state index contributed by atoms with van der Waals surface area (Å²) in [5.74, 6) is -0.302. The number of anilines is 2. The molecule has 0 unspecified atom stereocenters. The molecule has 5 heteroatoms. The highest BCUT2D eigenvalue weighted by Crippen LogP contribution is 2.15. The molecule has 2 aromatic rings. The molecule has 0 saturated heterocycles. The molecule has 0 atom stereocenters. The molecule has 0 fully saturated rings. The highest BCUT2D eigenvalue weighted by molar-refractivity contribution is 6.04. The summed E-state index contributed by atoms with van der Waals surface area (Å²) in [6.07, 6.45) is 0. The summed E-state index contributed by atoms with van der Waals surface area (Å²) < 4.78 is 0. The van der Waals surface area contributed by atoms with Crippen LogP contribution in [0.1, 0.15) is 17.3 Å². The Kier molecular flexibility index (Phi) is 4.00. The molecule has 2 aromatic carbocycles. The van der Waals surface area contributed by atoms with Crippen LogP contribution < -0.4 is 10.6 Å². The number of nitrogens with one attached hydrogen (secondary N) is 2. The number of phenolic OH excluding ortho intramolecular Hbond substituents is 1. The molecule has 0 saturated carbocycles. The summed E-state index contributed by atoms with van der Waals surface area (Å²) in [4.78, 5) is 22.8. The maximum absolute atomic E-state index is 11.9. The second kappa shape index (κ2) is 5.88. The van der Waals surface area contributed by atoms with Crippen molar-refractivity contribution in [3.05, 3.63) is 54.1 Å². The fourth-order valence-corrected chi connectivity index (χ4v) is 1.66. The minimum absolute atomic E-state index is 0.112. The maximum Gasteiger partial charge on any atom is 0.255 e. The Morgan fingerprint density at radius 1 is 0.850 bits per heavy atom. The van der Waals surface area contributed by atoms with E-state index in [4.69, 9.17) is 5.11 Å². The minimum Gasteiger partial charge on any atom is -0.508 e. The van der Waals surface area contributed by atoms with Crippen molar-refractivity contribution in [3.8, 4) is 5.75 Å². The van der Waals surface area contributed by atoms with Gasteiger partial charge in [-0.15, -0.1) is 0 Å². The monoisotopic (exact) mass is 270 g/mol. The van der Waals surface area contributed by atoms with Crippen LogP contribution in [0.15, 0.2) is 48.5 Å². The van der Waals surface area contributed by atoms with E-state index in [1.54, 1.807) is 24.3 Å². The van der Waals surface area contributed by atoms with Gasteiger partial charge < -0.3 is 15.7 Å². The van der Waals surface area contributed by atoms with Crippen LogP contribution >= 0.6 is 0 Å². The Hall–Kier alpha value is -2.82. The third-order valence-electron chi connectivity index (χ3n) is 2.59. The number of carbonyl (C=O) groups excluding carboxylic acids is 2. The molecule has 20 heavy (non-hydrogen) atoms. The Morgan fingerprint density at radius 2 is 1.35 bits per heavy atom. The van der Waals surface area contributed by atoms with E-state index in [9.17, 15) is 9.59 Å². The van der Waals surface area contributed by atoms with Gasteiger partial charge in [-0.2, -0.15) is 0 Å². The molecule has 0 aliphatic carbocycles. The van der Waals surface area contributed by atoms with Crippen LogP contribution in [0.25, 0.3) is 0 Å². The van der Waals surface area contributed by atoms with Crippen molar-refractivity contribution in [1.29, 1.82) is 0 Å². The fourth-order valence-electron chi connectivity index (χ4n) is 1.66. The summed E-state index contributed by atoms with van der Waals surface area (Å²) in [6, 6.07) is 12.8. The van der Waals surface area contributed by atoms with E-state index in [0.29, 0.717) is 16.9 Å². The fraction of sp³-hybridized carbons (Fsp3) is 0.0667. The number of hydrogen-bond donors (Lipinski definition) is 3. The Morgan fingerprint density at radius 3 is 1.85 bits per heavy atom. The van der Waals surface area contributed by atoms with Gasteiger partial charge in [0.05, 0.1) is 0 Å². The summed E-state index contributed by atoms with van der Waals surface area (Å²) >= 11 is 0. The molecule has 3 N–H and O–H groups in total. The first-order valence-corrected chi connectivity index (χ1v) is 6.02. The topological polar surface area (TPSA) is 78.4 Å². The van der Waals surface area contributed by atoms with E-state index >= 15 is 0 Å². The molecule has 0 radical (unpaired) electrons. The van der Waals surface area contributed by atoms with Crippen LogP contribution in [-0.2, 0) is 4.79 Å². The Bertz CT molecular complexity index is 619. The predicted molar refractivity (Wildman–Crippen MR) is 76.8 cm³/mol. The van der Waals surface area contributed by atoms with E-state index in [1.807, 2.05) is 0 Å². The molecule has 5 nitrogen and oxygen atoms in total. The maximum atomic E-state index is 11.9. The normalized spacial score (nSPS) is 9.85. The van der Waals surface area contributed by atoms with Crippen molar-refractivity contribution in [2.75, 3.05) is 10.6 Å². The van der Waals surface area contributed by atoms with Crippen LogP contribution in [0.4, 0.5) is 11.4 Å². The van der Waals surface area contributed by atoms with Gasteiger partial charge >= 0.3 is 0 Å². The average Bonchev–Trinajstić information content (AvgIpc) is 2.41. The summed E-state index contributed by atoms with van der Waals surface area (Å²) in [7, 11) is 0. The smallest absolute Gasteiger partial charge is 0.255 e. The molecule has 102 valence electrons. The van der Waals surface area contributed by atoms with Crippen molar-refractivity contribution in [3.63, 3.8) is 0 Å². The zero-order chi connectivity index (χ0) is 14.5. The molecule has 0 aromatic heterocycles. The van der Waals surface area contributed by atoms with Gasteiger partial charge in [-0.1, -0.05) is 0 Å². The first kappa shape index (κ1) is 13.6. The largest absolute Gasteiger partial charge is 0.508 e. The lowest BCUT2D eigenvalue weighted by atomic mass is 10.2. The van der Waals surface area contributed by atoms with Gasteiger partial charge in [-0.05, 0) is 48.5 Å². The lowest BCUT2D eigenvalue weighted by Crippen LogP contribution is -2.11. The molecule has 0 heterocycles. The van der Waals surface area contributed by atoms with Crippen molar-refractivity contribution in [2.45, 2.75) is 6.92 Å². The molecule has 0 bridgehead atoms. The zero-order valence-corrected chi connectivity index (χ0v) is 10.9. The van der Waals surface area contributed by atoms with Crippen LogP contribution in [0.5, 0.6) is 5.75 Å². The molecular formula is C15H14N2O3. The Labute approximate surface area is 116 Å². The lowest BCUT2D eigenvalue weighted by Gasteiger charge is -2.07. The van der Waals surface area contributed by atoms with E-state index in [1.165, 1.54) is 31.2 Å². The van der Waals surface area contributed by atoms with Gasteiger partial charge in [0, 0.05) is 23.9 Å². The third kappa shape index (κ3) is 3.58. The van der Waals surface area contributed by atoms with E-state index in [-0.39, 0.29) is 17.6 Å². The second-order valence-electron chi connectivity index (χ2n) is 4.26. The zero-order valence-electron chi connectivity index (χ0n) is 10.9. The summed E-state index contributed by atoms with van der Waals surface area (Å²) in [5, 5.41) is 14.5. The van der Waals surface area contributed by atoms with Crippen LogP contribution in [-0.4, -0.2) is 16.9 Å². The molecule has 0 spiro atoms. The highest BCUT2D eigenvalue weighted by Gasteiger charge is 2.06. The van der Waals surface area contributed by atoms with Gasteiger partial charge in [0.2, 0.25) is 5.91 Å². The molecule has 2 rings (SSSR count). The van der Waals surface area contributed by atoms with Crippen LogP contribution in [0.2, 0.25) is 0 Å². The standard InChI is InChI=1S/C15H14N2O3/c1-10(18)16-12-4-6-13(7-5-12)17-15(20)11-2-8-14(19)9-3-11/h2-9,19H,1H3,(H,16,18)(H,17,20). The number of aromatic hydroxyl groups is 1. The number of hydrogen-bond acceptors (Lipinski definition) is 3. The number of amides is 2. The Balaban J connectivity index is 2.04. The average molecular weight is 270 g/mol. The molecule has 0 aliphatic rings. The van der Waals surface area contributed by atoms with E-state index < -0.39 is 0 Å². The van der Waals surface area contributed by atoms with E-state index in [2.05, 4.69) is 10.6 Å². The van der Waals surface area contributed by atoms with Gasteiger partial charge in [-0.25, -0.2) is 0 Å². The summed E-state index contributed by atoms with van der Waals surface area (Å²) in [6.45, 7) is 1.43. The second-order valence-corrected chi connectivity index (χ2v) is 4.26. The summed E-state index contributed by atoms with van der Waals surface area (Å²) in [5.41, 5.74) is 1.74. The third-order valence-corrected chi connectivity index (χ3v) is 2.59. The quantitative estimate of drug-likeness (QED) is 0.802. The van der Waals surface area contributed by atoms with Crippen LogP contribution in [0.3, 0.4) is 0 Å². The van der Waals surface area contributed by atoms with Crippen molar-refractivity contribution in [1.82, 2.24) is 0 Å². The number of phenols is 1.